The summed E-state index contributed by atoms with van der Waals surface area (Å²) in [5, 5.41) is 0. The van der Waals surface area contributed by atoms with Crippen LogP contribution in [0, 0.1) is 0 Å². The normalized spacial score (nSPS) is 13.0. The Morgan fingerprint density at radius 2 is 2.21 bits per heavy atom. The highest BCUT2D eigenvalue weighted by Crippen LogP contribution is 2.11. The van der Waals surface area contributed by atoms with E-state index in [0.717, 1.165) is 6.08 Å². The predicted octanol–water partition coefficient (Wildman–Crippen LogP) is 2.42. The van der Waals surface area contributed by atoms with Crippen LogP contribution < -0.4 is 0 Å². The number of carbonyl (C=O) groups excluding carboxylic acids is 1. The molecule has 0 saturated carbocycles. The van der Waals surface area contributed by atoms with Gasteiger partial charge in [-0.15, -0.1) is 0 Å². The summed E-state index contributed by atoms with van der Waals surface area (Å²) < 4.78 is 29.1. The van der Waals surface area contributed by atoms with Gasteiger partial charge < -0.3 is 4.74 Å². The van der Waals surface area contributed by atoms with E-state index in [1.807, 2.05) is 0 Å². The quantitative estimate of drug-likeness (QED) is 0.391. The van der Waals surface area contributed by atoms with Gasteiger partial charge in [-0.25, -0.2) is 13.6 Å². The van der Waals surface area contributed by atoms with E-state index in [4.69, 9.17) is 4.74 Å². The Bertz CT molecular complexity index is 197. The standard InChI is InChI=1S/C9H15F2O2Si/c1-4-8(12)13-7(2)5-6-14(3)9(10)11/h4,7,9H,1,5-6H2,2-3H3. The SMILES string of the molecule is C=CC(=O)OC(C)CC[Si](C)C(F)F. The third kappa shape index (κ3) is 5.85. The molecule has 2 nitrogen and oxygen atoms in total. The Kier molecular flexibility index (Phi) is 6.36. The average Bonchev–Trinajstić information content (AvgIpc) is 2.13. The molecule has 0 rings (SSSR count). The van der Waals surface area contributed by atoms with Gasteiger partial charge in [-0.2, -0.15) is 0 Å². The Labute approximate surface area is 84.6 Å². The summed E-state index contributed by atoms with van der Waals surface area (Å²) >= 11 is 0. The van der Waals surface area contributed by atoms with Crippen molar-refractivity contribution in [1.29, 1.82) is 0 Å². The smallest absolute Gasteiger partial charge is 0.330 e. The first-order chi connectivity index (χ1) is 6.47. The number of hydrogen-bond acceptors (Lipinski definition) is 2. The second-order valence-electron chi connectivity index (χ2n) is 3.14. The molecule has 0 spiro atoms. The van der Waals surface area contributed by atoms with E-state index < -0.39 is 20.8 Å². The van der Waals surface area contributed by atoms with Gasteiger partial charge in [0.2, 0.25) is 6.05 Å². The lowest BCUT2D eigenvalue weighted by molar-refractivity contribution is -0.142. The first-order valence-corrected chi connectivity index (χ1v) is 6.69. The molecule has 1 atom stereocenters. The first kappa shape index (κ1) is 13.3. The fourth-order valence-electron chi connectivity index (χ4n) is 0.845. The molecule has 0 fully saturated rings. The van der Waals surface area contributed by atoms with Gasteiger partial charge >= 0.3 is 5.97 Å². The topological polar surface area (TPSA) is 26.3 Å². The van der Waals surface area contributed by atoms with Crippen LogP contribution in [0.3, 0.4) is 0 Å². The van der Waals surface area contributed by atoms with Crippen LogP contribution in [0.4, 0.5) is 8.78 Å². The van der Waals surface area contributed by atoms with Crippen LogP contribution >= 0.6 is 0 Å². The monoisotopic (exact) mass is 221 g/mol. The summed E-state index contributed by atoms with van der Waals surface area (Å²) in [6.07, 6.45) is 1.26. The van der Waals surface area contributed by atoms with Crippen LogP contribution in [0.25, 0.3) is 0 Å². The summed E-state index contributed by atoms with van der Waals surface area (Å²) in [5.74, 6) is -0.501. The maximum Gasteiger partial charge on any atom is 0.330 e. The second kappa shape index (κ2) is 6.70. The molecular weight excluding hydrogens is 206 g/mol. The minimum absolute atomic E-state index is 0.306. The van der Waals surface area contributed by atoms with E-state index in [1.54, 1.807) is 13.5 Å². The molecule has 0 saturated heterocycles. The molecule has 0 aromatic carbocycles. The maximum absolute atomic E-state index is 12.1. The lowest BCUT2D eigenvalue weighted by Crippen LogP contribution is -2.22. The summed E-state index contributed by atoms with van der Waals surface area (Å²) in [5.41, 5.74) is 0. The van der Waals surface area contributed by atoms with Gasteiger partial charge in [-0.1, -0.05) is 19.2 Å². The summed E-state index contributed by atoms with van der Waals surface area (Å²) in [4.78, 5) is 10.7. The van der Waals surface area contributed by atoms with Gasteiger partial charge in [0.15, 0.2) is 0 Å². The molecule has 0 bridgehead atoms. The average molecular weight is 221 g/mol. The Balaban J connectivity index is 3.68. The van der Waals surface area contributed by atoms with Gasteiger partial charge in [0.25, 0.3) is 0 Å². The highest BCUT2D eigenvalue weighted by Gasteiger charge is 2.18. The summed E-state index contributed by atoms with van der Waals surface area (Å²) in [7, 11) is -1.59. The van der Waals surface area contributed by atoms with E-state index in [9.17, 15) is 13.6 Å². The van der Waals surface area contributed by atoms with Crippen LogP contribution in [0.2, 0.25) is 12.6 Å². The number of alkyl halides is 2. The fourth-order valence-corrected chi connectivity index (χ4v) is 1.93. The number of ether oxygens (including phenoxy) is 1. The lowest BCUT2D eigenvalue weighted by Gasteiger charge is -2.13. The number of esters is 1. The number of hydrogen-bond donors (Lipinski definition) is 0. The zero-order valence-corrected chi connectivity index (χ0v) is 9.43. The van der Waals surface area contributed by atoms with Crippen molar-refractivity contribution in [3.05, 3.63) is 12.7 Å². The molecule has 0 heterocycles. The van der Waals surface area contributed by atoms with E-state index >= 15 is 0 Å². The van der Waals surface area contributed by atoms with Crippen LogP contribution in [-0.2, 0) is 9.53 Å². The third-order valence-electron chi connectivity index (χ3n) is 1.80. The second-order valence-corrected chi connectivity index (χ2v) is 5.77. The number of halogens is 2. The molecule has 0 amide bonds. The van der Waals surface area contributed by atoms with Crippen molar-refractivity contribution < 1.29 is 18.3 Å². The molecule has 5 heteroatoms. The molecular formula is C9H15F2O2Si. The molecule has 1 unspecified atom stereocenters. The van der Waals surface area contributed by atoms with Crippen molar-refractivity contribution in [2.45, 2.75) is 38.1 Å². The molecule has 14 heavy (non-hydrogen) atoms. The van der Waals surface area contributed by atoms with Gasteiger partial charge in [0.05, 0.1) is 6.10 Å². The van der Waals surface area contributed by atoms with Crippen LogP contribution in [0.5, 0.6) is 0 Å². The van der Waals surface area contributed by atoms with E-state index in [1.165, 1.54) is 0 Å². The highest BCUT2D eigenvalue weighted by atomic mass is 28.3. The Hall–Kier alpha value is -0.713. The number of carbonyl (C=O) groups is 1. The first-order valence-electron chi connectivity index (χ1n) is 4.41. The van der Waals surface area contributed by atoms with Crippen LogP contribution in [-0.4, -0.2) is 26.9 Å². The zero-order valence-electron chi connectivity index (χ0n) is 8.43. The molecule has 0 aliphatic carbocycles. The predicted molar refractivity (Wildman–Crippen MR) is 52.8 cm³/mol. The molecule has 81 valence electrons. The summed E-state index contributed by atoms with van der Waals surface area (Å²) in [6, 6.07) is -1.75. The molecule has 0 aromatic rings. The minimum Gasteiger partial charge on any atom is -0.460 e. The Morgan fingerprint density at radius 3 is 2.64 bits per heavy atom. The van der Waals surface area contributed by atoms with E-state index in [0.29, 0.717) is 12.5 Å². The van der Waals surface area contributed by atoms with Gasteiger partial charge in [-0.3, -0.25) is 0 Å². The lowest BCUT2D eigenvalue weighted by atomic mass is 10.3. The van der Waals surface area contributed by atoms with Crippen molar-refractivity contribution in [3.63, 3.8) is 0 Å². The fraction of sp³-hybridized carbons (Fsp3) is 0.667. The summed E-state index contributed by atoms with van der Waals surface area (Å²) in [6.45, 7) is 6.53. The van der Waals surface area contributed by atoms with Crippen molar-refractivity contribution in [2.24, 2.45) is 0 Å². The van der Waals surface area contributed by atoms with Gasteiger partial charge in [-0.05, 0) is 13.3 Å². The van der Waals surface area contributed by atoms with Gasteiger partial charge in [0.1, 0.15) is 8.80 Å². The molecule has 1 radical (unpaired) electrons. The Morgan fingerprint density at radius 1 is 1.64 bits per heavy atom. The number of rotatable bonds is 6. The van der Waals surface area contributed by atoms with Crippen LogP contribution in [0.1, 0.15) is 13.3 Å². The zero-order chi connectivity index (χ0) is 11.1. The minimum atomic E-state index is -2.21. The van der Waals surface area contributed by atoms with Gasteiger partial charge in [0, 0.05) is 6.08 Å². The maximum atomic E-state index is 12.1. The van der Waals surface area contributed by atoms with Crippen molar-refractivity contribution in [3.8, 4) is 0 Å². The van der Waals surface area contributed by atoms with Crippen molar-refractivity contribution >= 4 is 14.8 Å². The highest BCUT2D eigenvalue weighted by molar-refractivity contribution is 6.58. The van der Waals surface area contributed by atoms with Crippen molar-refractivity contribution in [2.75, 3.05) is 0 Å². The van der Waals surface area contributed by atoms with Crippen LogP contribution in [0.15, 0.2) is 12.7 Å². The molecule has 0 aromatic heterocycles. The van der Waals surface area contributed by atoms with E-state index in [-0.39, 0.29) is 6.10 Å². The molecule has 0 aliphatic heterocycles. The molecule has 0 N–H and O–H groups in total. The third-order valence-corrected chi connectivity index (χ3v) is 3.62. The largest absolute Gasteiger partial charge is 0.460 e. The van der Waals surface area contributed by atoms with E-state index in [2.05, 4.69) is 6.58 Å². The van der Waals surface area contributed by atoms with Crippen molar-refractivity contribution in [1.82, 2.24) is 0 Å². The molecule has 0 aliphatic rings.